The van der Waals surface area contributed by atoms with Crippen molar-refractivity contribution in [3.63, 3.8) is 0 Å². The number of hydrogen-bond acceptors (Lipinski definition) is 4. The van der Waals surface area contributed by atoms with Crippen molar-refractivity contribution in [3.8, 4) is 11.5 Å². The summed E-state index contributed by atoms with van der Waals surface area (Å²) in [5.41, 5.74) is -0.254. The monoisotopic (exact) mass is 248 g/mol. The van der Waals surface area contributed by atoms with Crippen LogP contribution in [0.3, 0.4) is 0 Å². The van der Waals surface area contributed by atoms with Crippen LogP contribution in [0, 0.1) is 0 Å². The van der Waals surface area contributed by atoms with Gasteiger partial charge >= 0.3 is 0 Å². The summed E-state index contributed by atoms with van der Waals surface area (Å²) in [6.07, 6.45) is 0. The summed E-state index contributed by atoms with van der Waals surface area (Å²) in [6.45, 7) is 1.26. The van der Waals surface area contributed by atoms with Gasteiger partial charge in [-0.15, -0.1) is 0 Å². The molecule has 18 heavy (non-hydrogen) atoms. The number of fused-ring (bicyclic) bond motifs is 1. The molecule has 0 atom stereocenters. The second-order valence-electron chi connectivity index (χ2n) is 3.77. The molecule has 0 spiro atoms. The van der Waals surface area contributed by atoms with Gasteiger partial charge in [-0.2, -0.15) is 0 Å². The van der Waals surface area contributed by atoms with Gasteiger partial charge in [0.1, 0.15) is 11.4 Å². The highest BCUT2D eigenvalue weighted by Gasteiger charge is 2.13. The molecule has 6 heteroatoms. The second-order valence-corrected chi connectivity index (χ2v) is 3.77. The summed E-state index contributed by atoms with van der Waals surface area (Å²) in [4.78, 5) is 25.2. The lowest BCUT2D eigenvalue weighted by Gasteiger charge is -2.08. The SMILES string of the molecule is COc1ccc2[nH]c(=O)c(NC(C)=O)c(O)c2c1. The van der Waals surface area contributed by atoms with E-state index in [9.17, 15) is 14.7 Å². The second kappa shape index (κ2) is 4.40. The number of H-pyrrole nitrogens is 1. The molecule has 6 nitrogen and oxygen atoms in total. The Bertz CT molecular complexity index is 676. The lowest BCUT2D eigenvalue weighted by Crippen LogP contribution is -2.17. The fourth-order valence-electron chi connectivity index (χ4n) is 1.67. The minimum absolute atomic E-state index is 0.164. The summed E-state index contributed by atoms with van der Waals surface area (Å²) < 4.78 is 5.04. The highest BCUT2D eigenvalue weighted by atomic mass is 16.5. The van der Waals surface area contributed by atoms with Gasteiger partial charge in [-0.05, 0) is 18.2 Å². The normalized spacial score (nSPS) is 10.3. The number of carbonyl (C=O) groups is 1. The quantitative estimate of drug-likeness (QED) is 0.744. The van der Waals surface area contributed by atoms with Crippen LogP contribution in [0.5, 0.6) is 11.5 Å². The topological polar surface area (TPSA) is 91.4 Å². The average molecular weight is 248 g/mol. The number of amides is 1. The zero-order valence-electron chi connectivity index (χ0n) is 9.90. The van der Waals surface area contributed by atoms with Gasteiger partial charge in [0.05, 0.1) is 12.6 Å². The van der Waals surface area contributed by atoms with Gasteiger partial charge < -0.3 is 20.1 Å². The third kappa shape index (κ3) is 2.00. The van der Waals surface area contributed by atoms with Crippen LogP contribution in [-0.4, -0.2) is 23.1 Å². The third-order valence-corrected chi connectivity index (χ3v) is 2.49. The fourth-order valence-corrected chi connectivity index (χ4v) is 1.67. The first-order valence-corrected chi connectivity index (χ1v) is 5.23. The Morgan fingerprint density at radius 2 is 2.17 bits per heavy atom. The predicted molar refractivity (Wildman–Crippen MR) is 67.1 cm³/mol. The number of methoxy groups -OCH3 is 1. The minimum Gasteiger partial charge on any atom is -0.505 e. The average Bonchev–Trinajstić information content (AvgIpc) is 2.34. The highest BCUT2D eigenvalue weighted by molar-refractivity contribution is 5.96. The van der Waals surface area contributed by atoms with Crippen LogP contribution in [0.4, 0.5) is 5.69 Å². The minimum atomic E-state index is -0.555. The van der Waals surface area contributed by atoms with Crippen molar-refractivity contribution in [3.05, 3.63) is 28.6 Å². The van der Waals surface area contributed by atoms with Crippen LogP contribution >= 0.6 is 0 Å². The molecule has 0 aliphatic heterocycles. The van der Waals surface area contributed by atoms with E-state index in [-0.39, 0.29) is 11.4 Å². The molecule has 0 saturated carbocycles. The summed E-state index contributed by atoms with van der Waals surface area (Å²) in [5.74, 6) is -0.167. The van der Waals surface area contributed by atoms with E-state index >= 15 is 0 Å². The molecule has 0 aliphatic carbocycles. The Labute approximate surface area is 102 Å². The summed E-state index contributed by atoms with van der Waals surface area (Å²) in [7, 11) is 1.50. The number of rotatable bonds is 2. The number of carbonyl (C=O) groups excluding carboxylic acids is 1. The van der Waals surface area contributed by atoms with E-state index in [0.29, 0.717) is 16.7 Å². The molecule has 2 aromatic rings. The number of nitrogens with one attached hydrogen (secondary N) is 2. The summed E-state index contributed by atoms with van der Waals surface area (Å²) >= 11 is 0. The molecular weight excluding hydrogens is 236 g/mol. The molecule has 0 unspecified atom stereocenters. The molecule has 3 N–H and O–H groups in total. The van der Waals surface area contributed by atoms with Crippen LogP contribution < -0.4 is 15.6 Å². The number of aromatic amines is 1. The van der Waals surface area contributed by atoms with E-state index in [2.05, 4.69) is 10.3 Å². The molecule has 1 aromatic heterocycles. The van der Waals surface area contributed by atoms with Crippen LogP contribution in [0.15, 0.2) is 23.0 Å². The van der Waals surface area contributed by atoms with Gasteiger partial charge in [-0.25, -0.2) is 0 Å². The number of pyridine rings is 1. The maximum atomic E-state index is 11.7. The molecule has 0 fully saturated rings. The fraction of sp³-hybridized carbons (Fsp3) is 0.167. The van der Waals surface area contributed by atoms with Gasteiger partial charge in [-0.1, -0.05) is 0 Å². The van der Waals surface area contributed by atoms with E-state index in [4.69, 9.17) is 4.74 Å². The molecule has 94 valence electrons. The first-order chi connectivity index (χ1) is 8.52. The Hall–Kier alpha value is -2.50. The largest absolute Gasteiger partial charge is 0.505 e. The Kier molecular flexibility index (Phi) is 2.93. The summed E-state index contributed by atoms with van der Waals surface area (Å²) in [5, 5.41) is 12.7. The predicted octanol–water partition coefficient (Wildman–Crippen LogP) is 1.20. The first kappa shape index (κ1) is 12.0. The van der Waals surface area contributed by atoms with Gasteiger partial charge in [0.25, 0.3) is 5.56 Å². The number of benzene rings is 1. The van der Waals surface area contributed by atoms with E-state index in [1.54, 1.807) is 18.2 Å². The number of aromatic nitrogens is 1. The maximum absolute atomic E-state index is 11.7. The molecule has 0 saturated heterocycles. The molecular formula is C12H12N2O4. The lowest BCUT2D eigenvalue weighted by molar-refractivity contribution is -0.114. The van der Waals surface area contributed by atoms with Crippen molar-refractivity contribution in [2.75, 3.05) is 12.4 Å². The van der Waals surface area contributed by atoms with Crippen molar-refractivity contribution >= 4 is 22.5 Å². The molecule has 0 aliphatic rings. The van der Waals surface area contributed by atoms with Crippen LogP contribution in [0.1, 0.15) is 6.92 Å². The smallest absolute Gasteiger partial charge is 0.276 e. The van der Waals surface area contributed by atoms with E-state index in [1.807, 2.05) is 0 Å². The molecule has 1 heterocycles. The van der Waals surface area contributed by atoms with Gasteiger partial charge in [0.2, 0.25) is 5.91 Å². The first-order valence-electron chi connectivity index (χ1n) is 5.23. The van der Waals surface area contributed by atoms with E-state index in [1.165, 1.54) is 14.0 Å². The molecule has 1 aromatic carbocycles. The molecule has 0 bridgehead atoms. The summed E-state index contributed by atoms with van der Waals surface area (Å²) in [6, 6.07) is 4.86. The van der Waals surface area contributed by atoms with Crippen molar-refractivity contribution in [1.29, 1.82) is 0 Å². The van der Waals surface area contributed by atoms with Gasteiger partial charge in [0.15, 0.2) is 5.75 Å². The Morgan fingerprint density at radius 3 is 2.78 bits per heavy atom. The van der Waals surface area contributed by atoms with Crippen molar-refractivity contribution in [1.82, 2.24) is 4.98 Å². The third-order valence-electron chi connectivity index (χ3n) is 2.49. The Morgan fingerprint density at radius 1 is 1.44 bits per heavy atom. The van der Waals surface area contributed by atoms with Crippen LogP contribution in [-0.2, 0) is 4.79 Å². The molecule has 0 radical (unpaired) electrons. The van der Waals surface area contributed by atoms with Crippen molar-refractivity contribution in [2.24, 2.45) is 0 Å². The molecule has 1 amide bonds. The number of anilines is 1. The zero-order valence-corrected chi connectivity index (χ0v) is 9.90. The van der Waals surface area contributed by atoms with Crippen molar-refractivity contribution in [2.45, 2.75) is 6.92 Å². The lowest BCUT2D eigenvalue weighted by atomic mass is 10.1. The van der Waals surface area contributed by atoms with E-state index in [0.717, 1.165) is 0 Å². The molecule has 2 rings (SSSR count). The number of ether oxygens (including phenoxy) is 1. The van der Waals surface area contributed by atoms with Crippen LogP contribution in [0.25, 0.3) is 10.9 Å². The van der Waals surface area contributed by atoms with E-state index < -0.39 is 11.5 Å². The van der Waals surface area contributed by atoms with Crippen LogP contribution in [0.2, 0.25) is 0 Å². The van der Waals surface area contributed by atoms with Gasteiger partial charge in [-0.3, -0.25) is 9.59 Å². The Balaban J connectivity index is 2.73. The number of hydrogen-bond donors (Lipinski definition) is 3. The van der Waals surface area contributed by atoms with Crippen molar-refractivity contribution < 1.29 is 14.6 Å². The zero-order chi connectivity index (χ0) is 13.3. The maximum Gasteiger partial charge on any atom is 0.276 e. The standard InChI is InChI=1S/C12H12N2O4/c1-6(15)13-10-11(16)8-5-7(18-2)3-4-9(8)14-12(10)17/h3-5H,1-2H3,(H,13,15)(H2,14,16,17). The number of aromatic hydroxyl groups is 1. The van der Waals surface area contributed by atoms with Gasteiger partial charge in [0, 0.05) is 12.3 Å². The highest BCUT2D eigenvalue weighted by Crippen LogP contribution is 2.30.